The molecule has 1 aromatic heterocycles. The van der Waals surface area contributed by atoms with Crippen molar-refractivity contribution >= 4 is 44.5 Å². The minimum absolute atomic E-state index is 0.0245. The summed E-state index contributed by atoms with van der Waals surface area (Å²) in [6.45, 7) is 1.34. The van der Waals surface area contributed by atoms with Crippen molar-refractivity contribution in [3.63, 3.8) is 0 Å². The highest BCUT2D eigenvalue weighted by molar-refractivity contribution is 7.92. The molecule has 12 heteroatoms. The van der Waals surface area contributed by atoms with Crippen LogP contribution in [-0.4, -0.2) is 37.6 Å². The summed E-state index contributed by atoms with van der Waals surface area (Å²) in [4.78, 5) is 4.59. The molecule has 3 aromatic rings. The normalized spacial score (nSPS) is 14.9. The van der Waals surface area contributed by atoms with E-state index in [0.717, 1.165) is 29.0 Å². The van der Waals surface area contributed by atoms with Crippen LogP contribution in [0.1, 0.15) is 11.1 Å². The van der Waals surface area contributed by atoms with Gasteiger partial charge in [0.05, 0.1) is 5.51 Å². The Morgan fingerprint density at radius 1 is 1.22 bits per heavy atom. The lowest BCUT2D eigenvalue weighted by atomic mass is 10.0. The monoisotopic (exact) mass is 502 g/mol. The van der Waals surface area contributed by atoms with Crippen molar-refractivity contribution < 1.29 is 21.6 Å². The summed E-state index contributed by atoms with van der Waals surface area (Å²) in [6, 6.07) is 7.13. The molecular formula is C20H18ClF3N4O2S2. The quantitative estimate of drug-likeness (QED) is 0.469. The van der Waals surface area contributed by atoms with Crippen LogP contribution in [0, 0.1) is 11.6 Å². The third-order valence-electron chi connectivity index (χ3n) is 4.93. The molecule has 0 spiro atoms. The molecule has 2 N–H and O–H groups in total. The number of alkyl halides is 1. The molecule has 2 aromatic carbocycles. The Hall–Kier alpha value is -2.34. The largest absolute Gasteiger partial charge is 0.381 e. The summed E-state index contributed by atoms with van der Waals surface area (Å²) in [5.41, 5.74) is 3.01. The van der Waals surface area contributed by atoms with E-state index in [4.69, 9.17) is 11.6 Å². The lowest BCUT2D eigenvalue weighted by Crippen LogP contribution is -2.47. The molecule has 1 aliphatic heterocycles. The fourth-order valence-corrected chi connectivity index (χ4v) is 5.33. The first-order valence-electron chi connectivity index (χ1n) is 9.49. The average molecular weight is 503 g/mol. The molecule has 4 rings (SSSR count). The highest BCUT2D eigenvalue weighted by atomic mass is 35.5. The van der Waals surface area contributed by atoms with E-state index in [9.17, 15) is 21.6 Å². The second kappa shape index (κ2) is 9.26. The zero-order chi connectivity index (χ0) is 22.9. The van der Waals surface area contributed by atoms with Gasteiger partial charge in [-0.1, -0.05) is 23.7 Å². The number of thiazole rings is 1. The lowest BCUT2D eigenvalue weighted by molar-refractivity contribution is 0.0589. The summed E-state index contributed by atoms with van der Waals surface area (Å²) in [5.74, 6) is -2.52. The van der Waals surface area contributed by atoms with E-state index in [1.807, 2.05) is 15.7 Å². The van der Waals surface area contributed by atoms with Crippen molar-refractivity contribution in [2.75, 3.05) is 23.1 Å². The predicted octanol–water partition coefficient (Wildman–Crippen LogP) is 4.64. The van der Waals surface area contributed by atoms with Crippen LogP contribution in [0.5, 0.6) is 0 Å². The standard InChI is InChI=1S/C20H18ClF3N4O2S2/c21-16-3-1-2-12(7-28-8-13(22)9-28)15(16)6-25-14-4-17(23)20(18(24)5-14)32(29,30)27-19-10-31-11-26-19/h1-5,10-11,13,25,27H,6-9H2. The molecule has 1 saturated heterocycles. The molecule has 0 amide bonds. The van der Waals surface area contributed by atoms with Gasteiger partial charge >= 0.3 is 0 Å². The van der Waals surface area contributed by atoms with E-state index in [-0.39, 0.29) is 18.1 Å². The fourth-order valence-electron chi connectivity index (χ4n) is 3.39. The molecule has 170 valence electrons. The van der Waals surface area contributed by atoms with Gasteiger partial charge in [-0.15, -0.1) is 11.3 Å². The van der Waals surface area contributed by atoms with Gasteiger partial charge in [-0.05, 0) is 29.3 Å². The van der Waals surface area contributed by atoms with E-state index in [0.29, 0.717) is 30.2 Å². The summed E-state index contributed by atoms with van der Waals surface area (Å²) in [5, 5.41) is 4.74. The molecule has 1 aliphatic rings. The van der Waals surface area contributed by atoms with Gasteiger partial charge in [-0.3, -0.25) is 9.62 Å². The maximum Gasteiger partial charge on any atom is 0.268 e. The average Bonchev–Trinajstić information content (AvgIpc) is 3.17. The number of sulfonamides is 1. The number of likely N-dealkylation sites (tertiary alicyclic amines) is 1. The highest BCUT2D eigenvalue weighted by Gasteiger charge is 2.27. The Balaban J connectivity index is 1.52. The van der Waals surface area contributed by atoms with Crippen molar-refractivity contribution in [1.82, 2.24) is 9.88 Å². The van der Waals surface area contributed by atoms with Crippen LogP contribution in [0.4, 0.5) is 24.7 Å². The molecule has 0 aliphatic carbocycles. The van der Waals surface area contributed by atoms with Gasteiger partial charge in [0, 0.05) is 42.3 Å². The minimum Gasteiger partial charge on any atom is -0.381 e. The molecule has 0 unspecified atom stereocenters. The molecule has 0 bridgehead atoms. The van der Waals surface area contributed by atoms with Gasteiger partial charge in [0.25, 0.3) is 10.0 Å². The first-order valence-corrected chi connectivity index (χ1v) is 12.3. The molecule has 0 radical (unpaired) electrons. The Morgan fingerprint density at radius 3 is 2.56 bits per heavy atom. The topological polar surface area (TPSA) is 74.3 Å². The van der Waals surface area contributed by atoms with E-state index in [1.165, 1.54) is 10.9 Å². The first-order chi connectivity index (χ1) is 15.2. The number of benzene rings is 2. The van der Waals surface area contributed by atoms with Crippen LogP contribution in [0.15, 0.2) is 46.1 Å². The second-order valence-electron chi connectivity index (χ2n) is 7.27. The van der Waals surface area contributed by atoms with Crippen LogP contribution in [-0.2, 0) is 23.1 Å². The van der Waals surface area contributed by atoms with E-state index in [1.54, 1.807) is 12.1 Å². The van der Waals surface area contributed by atoms with Gasteiger partial charge in [0.15, 0.2) is 10.7 Å². The summed E-state index contributed by atoms with van der Waals surface area (Å²) in [6.07, 6.45) is -0.832. The summed E-state index contributed by atoms with van der Waals surface area (Å²) >= 11 is 7.44. The fraction of sp³-hybridized carbons (Fsp3) is 0.250. The highest BCUT2D eigenvalue weighted by Crippen LogP contribution is 2.28. The zero-order valence-electron chi connectivity index (χ0n) is 16.5. The van der Waals surface area contributed by atoms with Gasteiger partial charge in [0.2, 0.25) is 0 Å². The van der Waals surface area contributed by atoms with Crippen LogP contribution in [0.25, 0.3) is 0 Å². The maximum absolute atomic E-state index is 14.6. The van der Waals surface area contributed by atoms with Gasteiger partial charge in [0.1, 0.15) is 17.8 Å². The molecule has 6 nitrogen and oxygen atoms in total. The van der Waals surface area contributed by atoms with Gasteiger partial charge in [-0.2, -0.15) is 0 Å². The summed E-state index contributed by atoms with van der Waals surface area (Å²) < 4.78 is 69.1. The second-order valence-corrected chi connectivity index (χ2v) is 10.0. The van der Waals surface area contributed by atoms with Gasteiger partial charge in [-0.25, -0.2) is 26.6 Å². The third kappa shape index (κ3) is 5.01. The van der Waals surface area contributed by atoms with Gasteiger partial charge < -0.3 is 5.32 Å². The first kappa shape index (κ1) is 22.8. The Bertz CT molecular complexity index is 1200. The minimum atomic E-state index is -4.50. The maximum atomic E-state index is 14.6. The van der Waals surface area contributed by atoms with Crippen LogP contribution in [0.3, 0.4) is 0 Å². The van der Waals surface area contributed by atoms with Crippen molar-refractivity contribution in [2.45, 2.75) is 24.2 Å². The number of halogens is 4. The molecule has 32 heavy (non-hydrogen) atoms. The van der Waals surface area contributed by atoms with E-state index >= 15 is 0 Å². The van der Waals surface area contributed by atoms with Crippen LogP contribution >= 0.6 is 22.9 Å². The van der Waals surface area contributed by atoms with Crippen molar-refractivity contribution in [2.24, 2.45) is 0 Å². The van der Waals surface area contributed by atoms with Crippen molar-refractivity contribution in [1.29, 1.82) is 0 Å². The zero-order valence-corrected chi connectivity index (χ0v) is 18.9. The number of nitrogens with one attached hydrogen (secondary N) is 2. The molecule has 0 saturated carbocycles. The lowest BCUT2D eigenvalue weighted by Gasteiger charge is -2.34. The number of rotatable bonds is 8. The Kier molecular flexibility index (Phi) is 6.61. The molecule has 1 fully saturated rings. The molecule has 0 atom stereocenters. The molecular weight excluding hydrogens is 485 g/mol. The Labute approximate surface area is 192 Å². The number of anilines is 2. The number of hydrogen-bond acceptors (Lipinski definition) is 6. The predicted molar refractivity (Wildman–Crippen MR) is 118 cm³/mol. The molecule has 2 heterocycles. The van der Waals surface area contributed by atoms with E-state index < -0.39 is 32.7 Å². The third-order valence-corrected chi connectivity index (χ3v) is 7.28. The van der Waals surface area contributed by atoms with Crippen LogP contribution < -0.4 is 10.0 Å². The number of nitrogens with zero attached hydrogens (tertiary/aromatic N) is 2. The number of aromatic nitrogens is 1. The van der Waals surface area contributed by atoms with E-state index in [2.05, 4.69) is 10.3 Å². The van der Waals surface area contributed by atoms with Crippen LogP contribution in [0.2, 0.25) is 5.02 Å². The van der Waals surface area contributed by atoms with Crippen molar-refractivity contribution in [3.8, 4) is 0 Å². The summed E-state index contributed by atoms with van der Waals surface area (Å²) in [7, 11) is -4.50. The smallest absolute Gasteiger partial charge is 0.268 e. The van der Waals surface area contributed by atoms with Crippen molar-refractivity contribution in [3.05, 3.63) is 69.0 Å². The number of hydrogen-bond donors (Lipinski definition) is 2. The Morgan fingerprint density at radius 2 is 1.94 bits per heavy atom. The SMILES string of the molecule is O=S(=O)(Nc1cscn1)c1c(F)cc(NCc2c(Cl)cccc2CN2CC(F)C2)cc1F.